The molecule has 12 aromatic rings. The Hall–Kier alpha value is -10.7. The van der Waals surface area contributed by atoms with E-state index in [9.17, 15) is 90.0 Å². The standard InChI is InChI=1S/3C18H19F3N2O.2C18H19F3N2.C18H20F2N2/c3*19-12-1-2-13(20)17-15-9-22-10-23(15)14(16(12)17)5-8-18(21)6-3-11(24)4-7-18;2*19-12-4-5-13(20)17-15-10-22-11-23(15)14(16(12)17)6-9-18(21)7-2-1-3-8-18;19-14-6-4-5-13-15(22-12-21-11-16(22)17(13)14)7-10-18(20)8-2-1-3-9-18/h3*1-2,9-11,14,24H,3-8H2;2*4-5,10-11,14H,1-3,6-9H2;4-6,11-12,15H,1-3,7-10H2. The van der Waals surface area contributed by atoms with E-state index < -0.39 is 129 Å². The van der Waals surface area contributed by atoms with Crippen LogP contribution in [-0.2, 0) is 0 Å². The molecule has 0 spiro atoms. The summed E-state index contributed by atoms with van der Waals surface area (Å²) >= 11 is 0. The van der Waals surface area contributed by atoms with E-state index in [-0.39, 0.29) is 71.0 Å². The van der Waals surface area contributed by atoms with Crippen LogP contribution in [0.5, 0.6) is 0 Å². The molecule has 12 aliphatic rings. The van der Waals surface area contributed by atoms with Gasteiger partial charge in [-0.3, -0.25) is 0 Å². The molecular formula is C108H115F17N12O3. The molecule has 6 aliphatic heterocycles. The predicted octanol–water partition coefficient (Wildman–Crippen LogP) is 27.9. The second-order valence-electron chi connectivity index (χ2n) is 41.0. The SMILES string of the molecule is Fc1ccc(F)c2c1-c1cncn1C2CCC1(F)CCCCC1.Fc1ccc(F)c2c1-c1cncn1C2CCC1(F)CCCCC1.Fc1cccc2c1-c1cncn1C2CCC1(F)CCCCC1.OC1CCC(F)(CCC2c3c(F)ccc(F)c3-c3cncn32)CC1.OC1CCC(F)(CCC2c3c(F)ccc(F)c3-c3cncn32)CC1.OC1CCC(F)(CCC2c3c(F)ccc(F)c3-c3cncn32)CC1. The Labute approximate surface area is 801 Å². The molecule has 6 aromatic carbocycles. The topological polar surface area (TPSA) is 168 Å². The van der Waals surface area contributed by atoms with Gasteiger partial charge in [0.15, 0.2) is 0 Å². The van der Waals surface area contributed by atoms with Crippen LogP contribution in [0.2, 0.25) is 0 Å². The Morgan fingerprint density at radius 2 is 0.414 bits per heavy atom. The first-order valence-electron chi connectivity index (χ1n) is 49.8. The number of hydrogen-bond donors (Lipinski definition) is 3. The van der Waals surface area contributed by atoms with Crippen LogP contribution in [-0.4, -0.2) is 125 Å². The second kappa shape index (κ2) is 40.2. The van der Waals surface area contributed by atoms with E-state index in [0.29, 0.717) is 235 Å². The van der Waals surface area contributed by atoms with Crippen molar-refractivity contribution in [3.63, 3.8) is 0 Å². The van der Waals surface area contributed by atoms with Crippen LogP contribution in [0, 0.1) is 64.0 Å². The van der Waals surface area contributed by atoms with Gasteiger partial charge in [0.1, 0.15) is 98.0 Å². The highest BCUT2D eigenvalue weighted by molar-refractivity contribution is 5.75. The van der Waals surface area contributed by atoms with Gasteiger partial charge < -0.3 is 42.7 Å². The van der Waals surface area contributed by atoms with Crippen molar-refractivity contribution < 1.29 is 90.0 Å². The first-order chi connectivity index (χ1) is 67.3. The summed E-state index contributed by atoms with van der Waals surface area (Å²) < 4.78 is 257. The van der Waals surface area contributed by atoms with Crippen LogP contribution >= 0.6 is 0 Å². The summed E-state index contributed by atoms with van der Waals surface area (Å²) in [5.74, 6) is -4.79. The fourth-order valence-electron chi connectivity index (χ4n) is 24.7. The number of aliphatic hydroxyl groups excluding tert-OH is 3. The number of imidazole rings is 6. The van der Waals surface area contributed by atoms with Crippen LogP contribution in [0.25, 0.3) is 67.5 Å². The third-order valence-electron chi connectivity index (χ3n) is 32.3. The monoisotopic (exact) mass is 1950 g/mol. The normalized spacial score (nSPS) is 25.5. The third-order valence-corrected chi connectivity index (χ3v) is 32.3. The summed E-state index contributed by atoms with van der Waals surface area (Å²) in [5.41, 5.74) is 0.709. The van der Waals surface area contributed by atoms with Gasteiger partial charge in [-0.2, -0.15) is 0 Å². The molecule has 0 saturated heterocycles. The van der Waals surface area contributed by atoms with Crippen molar-refractivity contribution in [1.82, 2.24) is 57.3 Å². The van der Waals surface area contributed by atoms with Crippen molar-refractivity contribution in [3.05, 3.63) is 251 Å². The molecule has 0 bridgehead atoms. The molecule has 0 amide bonds. The van der Waals surface area contributed by atoms with Gasteiger partial charge in [0.2, 0.25) is 0 Å². The minimum absolute atomic E-state index is 0.0118. The van der Waals surface area contributed by atoms with Crippen LogP contribution in [0.4, 0.5) is 74.6 Å². The Morgan fingerprint density at radius 1 is 0.229 bits per heavy atom. The maximum Gasteiger partial charge on any atom is 0.133 e. The molecule has 32 heteroatoms. The molecule has 6 saturated carbocycles. The average Bonchev–Trinajstić information content (AvgIpc) is 1.60. The van der Waals surface area contributed by atoms with Crippen molar-refractivity contribution >= 4 is 0 Å². The largest absolute Gasteiger partial charge is 0.393 e. The Bertz CT molecular complexity index is 5980. The highest BCUT2D eigenvalue weighted by Gasteiger charge is 2.47. The lowest BCUT2D eigenvalue weighted by Crippen LogP contribution is -2.32. The average molecular weight is 1950 g/mol. The number of fused-ring (bicyclic) bond motifs is 18. The molecule has 140 heavy (non-hydrogen) atoms. The highest BCUT2D eigenvalue weighted by atomic mass is 19.2. The lowest BCUT2D eigenvalue weighted by molar-refractivity contribution is 0.0252. The molecule has 744 valence electrons. The lowest BCUT2D eigenvalue weighted by atomic mass is 9.80. The van der Waals surface area contributed by atoms with Crippen LogP contribution < -0.4 is 0 Å². The first kappa shape index (κ1) is 98.1. The summed E-state index contributed by atoms with van der Waals surface area (Å²) in [7, 11) is 0. The number of benzene rings is 6. The van der Waals surface area contributed by atoms with E-state index in [2.05, 4.69) is 29.9 Å². The smallest absolute Gasteiger partial charge is 0.133 e. The van der Waals surface area contributed by atoms with Gasteiger partial charge in [-0.25, -0.2) is 105 Å². The molecule has 6 atom stereocenters. The van der Waals surface area contributed by atoms with Crippen molar-refractivity contribution in [2.45, 2.75) is 339 Å². The van der Waals surface area contributed by atoms with Gasteiger partial charge in [0, 0.05) is 61.2 Å². The fourth-order valence-corrected chi connectivity index (χ4v) is 24.7. The zero-order chi connectivity index (χ0) is 97.9. The number of halogens is 17. The number of aliphatic hydroxyl groups is 3. The zero-order valence-corrected chi connectivity index (χ0v) is 77.8. The van der Waals surface area contributed by atoms with Crippen molar-refractivity contribution in [1.29, 1.82) is 0 Å². The zero-order valence-electron chi connectivity index (χ0n) is 77.8. The Balaban J connectivity index is 0.000000107. The molecule has 6 aliphatic carbocycles. The van der Waals surface area contributed by atoms with Gasteiger partial charge in [-0.05, 0) is 265 Å². The van der Waals surface area contributed by atoms with Crippen LogP contribution in [0.3, 0.4) is 0 Å². The Morgan fingerprint density at radius 3 is 0.643 bits per heavy atom. The number of hydrogen-bond acceptors (Lipinski definition) is 9. The summed E-state index contributed by atoms with van der Waals surface area (Å²) in [6, 6.07) is 14.5. The number of rotatable bonds is 18. The van der Waals surface area contributed by atoms with E-state index in [4.69, 9.17) is 0 Å². The van der Waals surface area contributed by atoms with E-state index in [1.807, 2.05) is 10.6 Å². The maximum atomic E-state index is 15.0. The van der Waals surface area contributed by atoms with Gasteiger partial charge in [0.05, 0.1) is 164 Å². The van der Waals surface area contributed by atoms with E-state index in [0.717, 1.165) is 130 Å². The number of alkyl halides is 6. The van der Waals surface area contributed by atoms with Gasteiger partial charge in [-0.15, -0.1) is 0 Å². The molecule has 6 aromatic heterocycles. The molecule has 15 nitrogen and oxygen atoms in total. The van der Waals surface area contributed by atoms with Crippen LogP contribution in [0.15, 0.2) is 154 Å². The van der Waals surface area contributed by atoms with E-state index in [1.54, 1.807) is 85.5 Å². The van der Waals surface area contributed by atoms with Gasteiger partial charge >= 0.3 is 0 Å². The predicted molar refractivity (Wildman–Crippen MR) is 495 cm³/mol. The van der Waals surface area contributed by atoms with Crippen LogP contribution in [0.1, 0.15) is 320 Å². The quantitative estimate of drug-likeness (QED) is 0.0708. The second-order valence-corrected chi connectivity index (χ2v) is 41.0. The fraction of sp³-hybridized carbons (Fsp3) is 0.500. The minimum atomic E-state index is -1.34. The Kier molecular flexibility index (Phi) is 28.2. The van der Waals surface area contributed by atoms with Crippen molar-refractivity contribution in [2.24, 2.45) is 0 Å². The molecular weight excluding hydrogens is 1840 g/mol. The van der Waals surface area contributed by atoms with Gasteiger partial charge in [0.25, 0.3) is 0 Å². The van der Waals surface area contributed by atoms with Crippen molar-refractivity contribution in [3.8, 4) is 67.5 Å². The molecule has 12 heterocycles. The van der Waals surface area contributed by atoms with E-state index in [1.165, 1.54) is 24.7 Å². The highest BCUT2D eigenvalue weighted by Crippen LogP contribution is 2.55. The first-order valence-corrected chi connectivity index (χ1v) is 49.8. The molecule has 0 radical (unpaired) electrons. The van der Waals surface area contributed by atoms with Gasteiger partial charge in [-0.1, -0.05) is 69.9 Å². The minimum Gasteiger partial charge on any atom is -0.393 e. The third kappa shape index (κ3) is 19.5. The summed E-state index contributed by atoms with van der Waals surface area (Å²) in [6.07, 6.45) is 39.7. The summed E-state index contributed by atoms with van der Waals surface area (Å²) in [5, 5.41) is 28.7. The molecule has 3 N–H and O–H groups in total. The summed E-state index contributed by atoms with van der Waals surface area (Å²) in [4.78, 5) is 24.4. The summed E-state index contributed by atoms with van der Waals surface area (Å²) in [6.45, 7) is 0. The molecule has 6 fully saturated rings. The van der Waals surface area contributed by atoms with Crippen molar-refractivity contribution in [2.75, 3.05) is 0 Å². The number of nitrogens with zero attached hydrogens (tertiary/aromatic N) is 12. The molecule has 24 rings (SSSR count). The number of aromatic nitrogens is 12. The van der Waals surface area contributed by atoms with E-state index >= 15 is 0 Å². The molecule has 6 unspecified atom stereocenters. The lowest BCUT2D eigenvalue weighted by Gasteiger charge is -2.33. The maximum absolute atomic E-state index is 15.0.